The highest BCUT2D eigenvalue weighted by atomic mass is 16.1. The molecular formula is C13H15NO. The van der Waals surface area contributed by atoms with Gasteiger partial charge in [-0.25, -0.2) is 0 Å². The van der Waals surface area contributed by atoms with Crippen molar-refractivity contribution < 1.29 is 4.79 Å². The topological polar surface area (TPSA) is 20.3 Å². The second-order valence-corrected chi connectivity index (χ2v) is 3.88. The number of nitrogens with zero attached hydrogens (tertiary/aromatic N) is 1. The number of carbonyl (C=O) groups is 1. The van der Waals surface area contributed by atoms with Gasteiger partial charge in [-0.3, -0.25) is 4.79 Å². The number of benzene rings is 1. The molecule has 0 saturated carbocycles. The average Bonchev–Trinajstić information content (AvgIpc) is 2.61. The monoisotopic (exact) mass is 201 g/mol. The van der Waals surface area contributed by atoms with E-state index < -0.39 is 0 Å². The van der Waals surface area contributed by atoms with Gasteiger partial charge in [-0.1, -0.05) is 6.08 Å². The van der Waals surface area contributed by atoms with E-state index in [-0.39, 0.29) is 5.78 Å². The van der Waals surface area contributed by atoms with Gasteiger partial charge in [-0.05, 0) is 37.1 Å². The summed E-state index contributed by atoms with van der Waals surface area (Å²) in [5.74, 6) is 0.139. The molecule has 0 N–H and O–H groups in total. The number of Topliss-reactive ketones (excluding diaryl/α,β-unsaturated/α-hetero) is 1. The Morgan fingerprint density at radius 3 is 3.07 bits per heavy atom. The van der Waals surface area contributed by atoms with Crippen LogP contribution in [0.15, 0.2) is 30.9 Å². The SMILES string of the molecule is C=CCN1CCc2cc(C(C)=O)ccc21. The van der Waals surface area contributed by atoms with Gasteiger partial charge in [0.25, 0.3) is 0 Å². The van der Waals surface area contributed by atoms with Gasteiger partial charge in [0.15, 0.2) is 5.78 Å². The van der Waals surface area contributed by atoms with Crippen LogP contribution in [0.1, 0.15) is 22.8 Å². The molecule has 0 aliphatic carbocycles. The average molecular weight is 201 g/mol. The second-order valence-electron chi connectivity index (χ2n) is 3.88. The molecule has 78 valence electrons. The van der Waals surface area contributed by atoms with Crippen LogP contribution in [0, 0.1) is 0 Å². The number of hydrogen-bond acceptors (Lipinski definition) is 2. The molecule has 2 nitrogen and oxygen atoms in total. The maximum atomic E-state index is 11.2. The summed E-state index contributed by atoms with van der Waals surface area (Å²) in [5.41, 5.74) is 3.35. The fraction of sp³-hybridized carbons (Fsp3) is 0.308. The van der Waals surface area contributed by atoms with Crippen LogP contribution in [-0.2, 0) is 6.42 Å². The van der Waals surface area contributed by atoms with E-state index in [1.54, 1.807) is 6.92 Å². The summed E-state index contributed by atoms with van der Waals surface area (Å²) in [7, 11) is 0. The third-order valence-electron chi connectivity index (χ3n) is 2.83. The van der Waals surface area contributed by atoms with Gasteiger partial charge in [0.05, 0.1) is 0 Å². The molecule has 1 heterocycles. The minimum absolute atomic E-state index is 0.139. The molecule has 1 aliphatic heterocycles. The Hall–Kier alpha value is -1.57. The van der Waals surface area contributed by atoms with Crippen LogP contribution in [0.25, 0.3) is 0 Å². The van der Waals surface area contributed by atoms with Crippen LogP contribution < -0.4 is 4.90 Å². The first-order valence-corrected chi connectivity index (χ1v) is 5.22. The minimum Gasteiger partial charge on any atom is -0.367 e. The number of carbonyl (C=O) groups excluding carboxylic acids is 1. The van der Waals surface area contributed by atoms with Crippen molar-refractivity contribution in [3.63, 3.8) is 0 Å². The van der Waals surface area contributed by atoms with Crippen LogP contribution in [0.3, 0.4) is 0 Å². The second kappa shape index (κ2) is 3.89. The van der Waals surface area contributed by atoms with Crippen molar-refractivity contribution in [2.75, 3.05) is 18.0 Å². The van der Waals surface area contributed by atoms with E-state index in [1.807, 2.05) is 24.3 Å². The van der Waals surface area contributed by atoms with Gasteiger partial charge in [0.2, 0.25) is 0 Å². The van der Waals surface area contributed by atoms with Gasteiger partial charge < -0.3 is 4.90 Å². The Morgan fingerprint density at radius 1 is 1.60 bits per heavy atom. The van der Waals surface area contributed by atoms with Crippen molar-refractivity contribution in [1.82, 2.24) is 0 Å². The van der Waals surface area contributed by atoms with E-state index in [1.165, 1.54) is 11.3 Å². The maximum absolute atomic E-state index is 11.2. The third-order valence-corrected chi connectivity index (χ3v) is 2.83. The lowest BCUT2D eigenvalue weighted by Crippen LogP contribution is -2.19. The first-order valence-electron chi connectivity index (χ1n) is 5.22. The largest absolute Gasteiger partial charge is 0.367 e. The van der Waals surface area contributed by atoms with E-state index in [2.05, 4.69) is 11.5 Å². The zero-order chi connectivity index (χ0) is 10.8. The molecule has 0 spiro atoms. The van der Waals surface area contributed by atoms with Crippen molar-refractivity contribution in [3.8, 4) is 0 Å². The molecule has 1 aromatic carbocycles. The number of ketones is 1. The molecule has 0 unspecified atom stereocenters. The third kappa shape index (κ3) is 1.80. The van der Waals surface area contributed by atoms with Crippen molar-refractivity contribution in [1.29, 1.82) is 0 Å². The van der Waals surface area contributed by atoms with Crippen LogP contribution in [0.5, 0.6) is 0 Å². The van der Waals surface area contributed by atoms with Crippen molar-refractivity contribution in [3.05, 3.63) is 42.0 Å². The molecule has 1 aromatic rings. The molecule has 0 bridgehead atoms. The highest BCUT2D eigenvalue weighted by Gasteiger charge is 2.18. The number of fused-ring (bicyclic) bond motifs is 1. The zero-order valence-corrected chi connectivity index (χ0v) is 8.99. The van der Waals surface area contributed by atoms with Crippen molar-refractivity contribution in [2.24, 2.45) is 0 Å². The number of anilines is 1. The molecule has 2 rings (SSSR count). The minimum atomic E-state index is 0.139. The molecule has 2 heteroatoms. The van der Waals surface area contributed by atoms with Crippen LogP contribution in [0.4, 0.5) is 5.69 Å². The molecule has 0 amide bonds. The summed E-state index contributed by atoms with van der Waals surface area (Å²) in [4.78, 5) is 13.5. The normalized spacial score (nSPS) is 13.8. The van der Waals surface area contributed by atoms with Gasteiger partial charge in [0.1, 0.15) is 0 Å². The molecule has 0 aromatic heterocycles. The zero-order valence-electron chi connectivity index (χ0n) is 8.99. The predicted molar refractivity (Wildman–Crippen MR) is 62.6 cm³/mol. The standard InChI is InChI=1S/C13H15NO/c1-3-7-14-8-6-12-9-11(10(2)15)4-5-13(12)14/h3-5,9H,1,6-8H2,2H3. The quantitative estimate of drug-likeness (QED) is 0.553. The lowest BCUT2D eigenvalue weighted by Gasteiger charge is -2.16. The van der Waals surface area contributed by atoms with Gasteiger partial charge in [-0.2, -0.15) is 0 Å². The van der Waals surface area contributed by atoms with Crippen molar-refractivity contribution in [2.45, 2.75) is 13.3 Å². The van der Waals surface area contributed by atoms with Crippen molar-refractivity contribution >= 4 is 11.5 Å². The van der Waals surface area contributed by atoms with Crippen LogP contribution in [0.2, 0.25) is 0 Å². The highest BCUT2D eigenvalue weighted by molar-refractivity contribution is 5.94. The summed E-state index contributed by atoms with van der Waals surface area (Å²) >= 11 is 0. The van der Waals surface area contributed by atoms with Gasteiger partial charge in [0, 0.05) is 24.3 Å². The molecule has 0 saturated heterocycles. The highest BCUT2D eigenvalue weighted by Crippen LogP contribution is 2.28. The molecule has 0 atom stereocenters. The number of hydrogen-bond donors (Lipinski definition) is 0. The lowest BCUT2D eigenvalue weighted by molar-refractivity contribution is 0.101. The lowest BCUT2D eigenvalue weighted by atomic mass is 10.1. The first-order chi connectivity index (χ1) is 7.22. The Kier molecular flexibility index (Phi) is 2.58. The van der Waals surface area contributed by atoms with E-state index in [9.17, 15) is 4.79 Å². The number of rotatable bonds is 3. The Morgan fingerprint density at radius 2 is 2.40 bits per heavy atom. The summed E-state index contributed by atoms with van der Waals surface area (Å²) in [5, 5.41) is 0. The Bertz CT molecular complexity index is 409. The fourth-order valence-corrected chi connectivity index (χ4v) is 2.03. The molecule has 1 aliphatic rings. The van der Waals surface area contributed by atoms with E-state index in [0.717, 1.165) is 25.1 Å². The molecule has 15 heavy (non-hydrogen) atoms. The first kappa shape index (κ1) is 9.97. The van der Waals surface area contributed by atoms with Gasteiger partial charge >= 0.3 is 0 Å². The van der Waals surface area contributed by atoms with Crippen LogP contribution >= 0.6 is 0 Å². The summed E-state index contributed by atoms with van der Waals surface area (Å²) in [6, 6.07) is 5.96. The van der Waals surface area contributed by atoms with E-state index in [4.69, 9.17) is 0 Å². The van der Waals surface area contributed by atoms with E-state index in [0.29, 0.717) is 0 Å². The maximum Gasteiger partial charge on any atom is 0.159 e. The van der Waals surface area contributed by atoms with Gasteiger partial charge in [-0.15, -0.1) is 6.58 Å². The summed E-state index contributed by atoms with van der Waals surface area (Å²) < 4.78 is 0. The Balaban J connectivity index is 2.33. The summed E-state index contributed by atoms with van der Waals surface area (Å²) in [6.07, 6.45) is 2.94. The Labute approximate surface area is 90.2 Å². The summed E-state index contributed by atoms with van der Waals surface area (Å²) in [6.45, 7) is 7.27. The fourth-order valence-electron chi connectivity index (χ4n) is 2.03. The van der Waals surface area contributed by atoms with E-state index >= 15 is 0 Å². The smallest absolute Gasteiger partial charge is 0.159 e. The molecule has 0 radical (unpaired) electrons. The molecular weight excluding hydrogens is 186 g/mol. The predicted octanol–water partition coefficient (Wildman–Crippen LogP) is 2.44. The molecule has 0 fully saturated rings. The van der Waals surface area contributed by atoms with Crippen LogP contribution in [-0.4, -0.2) is 18.9 Å².